The van der Waals surface area contributed by atoms with Gasteiger partial charge in [0.05, 0.1) is 12.8 Å². The number of aromatic hydroxyl groups is 1. The molecule has 1 aliphatic heterocycles. The Hall–Kier alpha value is -4.20. The molecule has 0 unspecified atom stereocenters. The number of amides is 1. The number of anilines is 1. The monoisotopic (exact) mass is 441 g/mol. The normalized spacial score (nSPS) is 15.1. The predicted octanol–water partition coefficient (Wildman–Crippen LogP) is 4.13. The van der Waals surface area contributed by atoms with Crippen LogP contribution in [-0.2, 0) is 4.79 Å². The van der Waals surface area contributed by atoms with Crippen LogP contribution in [0.5, 0.6) is 11.5 Å². The maximum absolute atomic E-state index is 12.8. The van der Waals surface area contributed by atoms with Gasteiger partial charge < -0.3 is 15.2 Å². The lowest BCUT2D eigenvalue weighted by atomic mass is 9.84. The van der Waals surface area contributed by atoms with E-state index in [-0.39, 0.29) is 24.0 Å². The van der Waals surface area contributed by atoms with Crippen LogP contribution in [0.3, 0.4) is 0 Å². The number of nitrogens with one attached hydrogen (secondary N) is 1. The van der Waals surface area contributed by atoms with Gasteiger partial charge in [-0.15, -0.1) is 0 Å². The molecule has 0 spiro atoms. The highest BCUT2D eigenvalue weighted by molar-refractivity contribution is 5.96. The molecule has 0 radical (unpaired) electrons. The van der Waals surface area contributed by atoms with Gasteiger partial charge in [-0.05, 0) is 37.6 Å². The van der Waals surface area contributed by atoms with E-state index in [9.17, 15) is 9.90 Å². The molecule has 1 amide bonds. The van der Waals surface area contributed by atoms with Crippen LogP contribution in [0, 0.1) is 13.8 Å². The van der Waals surface area contributed by atoms with Crippen LogP contribution in [0.15, 0.2) is 54.6 Å². The highest BCUT2D eigenvalue weighted by Gasteiger charge is 2.35. The fourth-order valence-corrected chi connectivity index (χ4v) is 4.32. The molecule has 2 N–H and O–H groups in total. The second-order valence-electron chi connectivity index (χ2n) is 8.08. The van der Waals surface area contributed by atoms with Gasteiger partial charge in [-0.25, -0.2) is 9.97 Å². The number of hydrogen-bond acceptors (Lipinski definition) is 6. The van der Waals surface area contributed by atoms with Crippen LogP contribution in [0.2, 0.25) is 0 Å². The van der Waals surface area contributed by atoms with Gasteiger partial charge in [-0.1, -0.05) is 36.4 Å². The fraction of sp³-hybridized carbons (Fsp3) is 0.200. The molecular formula is C25H23N5O3. The van der Waals surface area contributed by atoms with E-state index in [0.717, 1.165) is 33.8 Å². The van der Waals surface area contributed by atoms with Crippen molar-refractivity contribution in [1.82, 2.24) is 19.7 Å². The zero-order valence-electron chi connectivity index (χ0n) is 18.5. The Bertz CT molecular complexity index is 1340. The van der Waals surface area contributed by atoms with E-state index >= 15 is 0 Å². The first-order valence-corrected chi connectivity index (χ1v) is 10.6. The van der Waals surface area contributed by atoms with Gasteiger partial charge in [0.2, 0.25) is 5.91 Å². The number of fused-ring (bicyclic) bond motifs is 1. The second-order valence-corrected chi connectivity index (χ2v) is 8.08. The second kappa shape index (κ2) is 8.05. The summed E-state index contributed by atoms with van der Waals surface area (Å²) in [7, 11) is 1.50. The third kappa shape index (κ3) is 3.69. The average Bonchev–Trinajstić information content (AvgIpc) is 3.18. The molecule has 166 valence electrons. The van der Waals surface area contributed by atoms with E-state index < -0.39 is 0 Å². The van der Waals surface area contributed by atoms with E-state index in [1.807, 2.05) is 56.3 Å². The molecule has 2 aromatic carbocycles. The van der Waals surface area contributed by atoms with E-state index in [1.54, 1.807) is 16.8 Å². The van der Waals surface area contributed by atoms with Crippen molar-refractivity contribution >= 4 is 11.7 Å². The molecule has 1 aliphatic rings. The highest BCUT2D eigenvalue weighted by atomic mass is 16.5. The van der Waals surface area contributed by atoms with E-state index in [1.165, 1.54) is 7.11 Å². The van der Waals surface area contributed by atoms with Crippen LogP contribution >= 0.6 is 0 Å². The first-order valence-electron chi connectivity index (χ1n) is 10.6. The van der Waals surface area contributed by atoms with E-state index in [0.29, 0.717) is 17.5 Å². The van der Waals surface area contributed by atoms with Gasteiger partial charge in [0.15, 0.2) is 11.5 Å². The van der Waals surface area contributed by atoms with Crippen molar-refractivity contribution in [2.45, 2.75) is 26.2 Å². The molecule has 8 nitrogen and oxygen atoms in total. The Labute approximate surface area is 190 Å². The van der Waals surface area contributed by atoms with Crippen LogP contribution in [0.4, 0.5) is 5.82 Å². The molecule has 8 heteroatoms. The molecular weight excluding hydrogens is 418 g/mol. The smallest absolute Gasteiger partial charge is 0.252 e. The molecule has 3 heterocycles. The number of rotatable bonds is 4. The van der Waals surface area contributed by atoms with Crippen molar-refractivity contribution in [3.8, 4) is 28.7 Å². The van der Waals surface area contributed by atoms with Gasteiger partial charge in [0.1, 0.15) is 5.82 Å². The summed E-state index contributed by atoms with van der Waals surface area (Å²) in [5.41, 5.74) is 4.91. The highest BCUT2D eigenvalue weighted by Crippen LogP contribution is 2.45. The lowest BCUT2D eigenvalue weighted by Crippen LogP contribution is -2.25. The number of benzene rings is 2. The van der Waals surface area contributed by atoms with Gasteiger partial charge in [0.25, 0.3) is 5.95 Å². The Balaban J connectivity index is 1.77. The third-order valence-electron chi connectivity index (χ3n) is 5.73. The molecule has 2 aromatic heterocycles. The van der Waals surface area contributed by atoms with Crippen molar-refractivity contribution in [3.05, 3.63) is 77.1 Å². The summed E-state index contributed by atoms with van der Waals surface area (Å²) in [6.45, 7) is 3.79. The number of methoxy groups -OCH3 is 1. The number of carbonyl (C=O) groups excluding carboxylic acids is 1. The summed E-state index contributed by atoms with van der Waals surface area (Å²) >= 11 is 0. The first kappa shape index (κ1) is 20.7. The lowest BCUT2D eigenvalue weighted by Gasteiger charge is -2.25. The maximum atomic E-state index is 12.8. The Kier molecular flexibility index (Phi) is 5.05. The van der Waals surface area contributed by atoms with Gasteiger partial charge >= 0.3 is 0 Å². The van der Waals surface area contributed by atoms with Crippen LogP contribution in [-0.4, -0.2) is 37.9 Å². The van der Waals surface area contributed by atoms with Gasteiger partial charge in [-0.3, -0.25) is 4.79 Å². The minimum atomic E-state index is -0.319. The SMILES string of the molecule is COc1ccc([C@H]2CC(=O)Nc3c2c(-c2ccccc2)nn3-c2nc(C)cc(C)n2)cc1O. The summed E-state index contributed by atoms with van der Waals surface area (Å²) < 4.78 is 6.80. The number of nitrogens with zero attached hydrogens (tertiary/aromatic N) is 4. The number of ether oxygens (including phenoxy) is 1. The minimum Gasteiger partial charge on any atom is -0.504 e. The maximum Gasteiger partial charge on any atom is 0.252 e. The van der Waals surface area contributed by atoms with E-state index in [4.69, 9.17) is 9.84 Å². The molecule has 0 fully saturated rings. The van der Waals surface area contributed by atoms with Gasteiger partial charge in [-0.2, -0.15) is 9.78 Å². The summed E-state index contributed by atoms with van der Waals surface area (Å²) in [6.07, 6.45) is 0.220. The Morgan fingerprint density at radius 3 is 2.45 bits per heavy atom. The summed E-state index contributed by atoms with van der Waals surface area (Å²) in [5, 5.41) is 18.3. The van der Waals surface area contributed by atoms with Crippen molar-refractivity contribution in [2.75, 3.05) is 12.4 Å². The van der Waals surface area contributed by atoms with Gasteiger partial charge in [0, 0.05) is 34.9 Å². The molecule has 0 saturated heterocycles. The summed E-state index contributed by atoms with van der Waals surface area (Å²) in [6, 6.07) is 16.9. The molecule has 1 atom stereocenters. The molecule has 4 aromatic rings. The topological polar surface area (TPSA) is 102 Å². The van der Waals surface area contributed by atoms with Crippen LogP contribution in [0.1, 0.15) is 34.9 Å². The standard InChI is InChI=1S/C25H23N5O3/c1-14-11-15(2)27-25(26-14)30-24-22(23(29-30)16-7-5-4-6-8-16)18(13-21(32)28-24)17-9-10-20(33-3)19(31)12-17/h4-12,18,31H,13H2,1-3H3,(H,28,32)/t18-/m1/s1. The largest absolute Gasteiger partial charge is 0.504 e. The number of hydrogen-bond donors (Lipinski definition) is 2. The van der Waals surface area contributed by atoms with Crippen molar-refractivity contribution in [1.29, 1.82) is 0 Å². The average molecular weight is 441 g/mol. The van der Waals surface area contributed by atoms with Crippen LogP contribution in [0.25, 0.3) is 17.2 Å². The van der Waals surface area contributed by atoms with Crippen molar-refractivity contribution in [2.24, 2.45) is 0 Å². The molecule has 5 rings (SSSR count). The quantitative estimate of drug-likeness (QED) is 0.494. The summed E-state index contributed by atoms with van der Waals surface area (Å²) in [4.78, 5) is 21.9. The minimum absolute atomic E-state index is 0.0221. The molecule has 0 saturated carbocycles. The number of carbonyl (C=O) groups is 1. The Morgan fingerprint density at radius 1 is 1.06 bits per heavy atom. The zero-order chi connectivity index (χ0) is 23.1. The Morgan fingerprint density at radius 2 is 1.79 bits per heavy atom. The number of phenols is 1. The number of phenolic OH excluding ortho intramolecular Hbond substituents is 1. The predicted molar refractivity (Wildman–Crippen MR) is 124 cm³/mol. The zero-order valence-corrected chi connectivity index (χ0v) is 18.5. The molecule has 33 heavy (non-hydrogen) atoms. The van der Waals surface area contributed by atoms with Crippen LogP contribution < -0.4 is 10.1 Å². The molecule has 0 aliphatic carbocycles. The van der Waals surface area contributed by atoms with E-state index in [2.05, 4.69) is 15.3 Å². The van der Waals surface area contributed by atoms with Crippen molar-refractivity contribution in [3.63, 3.8) is 0 Å². The lowest BCUT2D eigenvalue weighted by molar-refractivity contribution is -0.116. The van der Waals surface area contributed by atoms with Crippen molar-refractivity contribution < 1.29 is 14.6 Å². The fourth-order valence-electron chi connectivity index (χ4n) is 4.32. The molecule has 0 bridgehead atoms. The number of aryl methyl sites for hydroxylation is 2. The number of aromatic nitrogens is 4. The summed E-state index contributed by atoms with van der Waals surface area (Å²) in [5.74, 6) is 0.865. The first-order chi connectivity index (χ1) is 15.9. The third-order valence-corrected chi connectivity index (χ3v) is 5.73.